The Balaban J connectivity index is 2.36. The lowest BCUT2D eigenvalue weighted by molar-refractivity contribution is -0.128. The van der Waals surface area contributed by atoms with Crippen molar-refractivity contribution < 1.29 is 19.4 Å². The summed E-state index contributed by atoms with van der Waals surface area (Å²) in [5, 5.41) is 8.94. The summed E-state index contributed by atoms with van der Waals surface area (Å²) in [6, 6.07) is 5.52. The number of carbonyl (C=O) groups excluding carboxylic acids is 1. The van der Waals surface area contributed by atoms with Gasteiger partial charge >= 0.3 is 0 Å². The molecule has 104 valence electrons. The molecule has 0 spiro atoms. The molecule has 1 saturated heterocycles. The molecule has 0 saturated carbocycles. The number of carbonyl (C=O) groups is 1. The van der Waals surface area contributed by atoms with Gasteiger partial charge in [-0.05, 0) is 18.2 Å². The fraction of sp³-hybridized carbons (Fsp3) is 0.462. The molecular formula is C13H17NO4S. The van der Waals surface area contributed by atoms with Gasteiger partial charge in [-0.2, -0.15) is 0 Å². The number of ether oxygens (including phenoxy) is 2. The highest BCUT2D eigenvalue weighted by molar-refractivity contribution is 8.00. The monoisotopic (exact) mass is 283 g/mol. The van der Waals surface area contributed by atoms with Gasteiger partial charge in [0, 0.05) is 12.1 Å². The van der Waals surface area contributed by atoms with Gasteiger partial charge < -0.3 is 19.5 Å². The minimum atomic E-state index is -0.135. The van der Waals surface area contributed by atoms with E-state index in [0.717, 1.165) is 17.1 Å². The average Bonchev–Trinajstić information content (AvgIpc) is 2.80. The molecule has 1 N–H and O–H groups in total. The Morgan fingerprint density at radius 3 is 2.84 bits per heavy atom. The molecule has 1 aliphatic heterocycles. The van der Waals surface area contributed by atoms with Gasteiger partial charge in [-0.25, -0.2) is 0 Å². The summed E-state index contributed by atoms with van der Waals surface area (Å²) in [4.78, 5) is 13.5. The number of aliphatic hydroxyl groups excluding tert-OH is 1. The van der Waals surface area contributed by atoms with Crippen molar-refractivity contribution in [2.45, 2.75) is 5.37 Å². The zero-order valence-electron chi connectivity index (χ0n) is 11.0. The van der Waals surface area contributed by atoms with Crippen molar-refractivity contribution in [2.24, 2.45) is 0 Å². The molecule has 0 unspecified atom stereocenters. The van der Waals surface area contributed by atoms with Crippen LogP contribution in [0.5, 0.6) is 11.5 Å². The second-order valence-electron chi connectivity index (χ2n) is 4.08. The number of hydrogen-bond donors (Lipinski definition) is 1. The number of methoxy groups -OCH3 is 2. The molecule has 1 fully saturated rings. The molecule has 6 heteroatoms. The van der Waals surface area contributed by atoms with Gasteiger partial charge in [0.1, 0.15) is 16.9 Å². The van der Waals surface area contributed by atoms with Gasteiger partial charge in [0.15, 0.2) is 0 Å². The van der Waals surface area contributed by atoms with Gasteiger partial charge in [-0.15, -0.1) is 11.8 Å². The van der Waals surface area contributed by atoms with Gasteiger partial charge in [0.25, 0.3) is 0 Å². The second kappa shape index (κ2) is 6.16. The molecule has 1 aromatic rings. The van der Waals surface area contributed by atoms with Gasteiger partial charge in [-0.1, -0.05) is 0 Å². The first kappa shape index (κ1) is 14.0. The van der Waals surface area contributed by atoms with Crippen LogP contribution >= 0.6 is 11.8 Å². The van der Waals surface area contributed by atoms with E-state index in [9.17, 15) is 4.79 Å². The first-order valence-corrected chi connectivity index (χ1v) is 7.00. The maximum atomic E-state index is 11.8. The Kier molecular flexibility index (Phi) is 4.55. The Morgan fingerprint density at radius 1 is 1.42 bits per heavy atom. The maximum absolute atomic E-state index is 11.8. The number of hydrogen-bond acceptors (Lipinski definition) is 5. The Bertz CT molecular complexity index is 466. The Hall–Kier alpha value is -1.40. The predicted octanol–water partition coefficient (Wildman–Crippen LogP) is 1.27. The minimum absolute atomic E-state index is 0.0360. The quantitative estimate of drug-likeness (QED) is 0.882. The molecule has 19 heavy (non-hydrogen) atoms. The number of nitrogens with zero attached hydrogens (tertiary/aromatic N) is 1. The minimum Gasteiger partial charge on any atom is -0.497 e. The van der Waals surface area contributed by atoms with Gasteiger partial charge in [0.05, 0.1) is 26.6 Å². The van der Waals surface area contributed by atoms with E-state index < -0.39 is 0 Å². The molecule has 0 aromatic heterocycles. The van der Waals surface area contributed by atoms with Gasteiger partial charge in [0.2, 0.25) is 5.91 Å². The van der Waals surface area contributed by atoms with Crippen LogP contribution in [0.25, 0.3) is 0 Å². The van der Waals surface area contributed by atoms with E-state index in [0.29, 0.717) is 12.3 Å². The molecule has 1 atom stereocenters. The normalized spacial score (nSPS) is 18.8. The van der Waals surface area contributed by atoms with Crippen LogP contribution in [-0.4, -0.2) is 49.0 Å². The van der Waals surface area contributed by atoms with E-state index in [1.165, 1.54) is 11.8 Å². The lowest BCUT2D eigenvalue weighted by Gasteiger charge is -2.25. The molecule has 1 aliphatic rings. The topological polar surface area (TPSA) is 59.0 Å². The zero-order valence-corrected chi connectivity index (χ0v) is 11.8. The van der Waals surface area contributed by atoms with Crippen molar-refractivity contribution in [1.82, 2.24) is 4.90 Å². The van der Waals surface area contributed by atoms with Crippen LogP contribution in [0.1, 0.15) is 10.9 Å². The lowest BCUT2D eigenvalue weighted by atomic mass is 10.1. The van der Waals surface area contributed by atoms with E-state index in [1.807, 2.05) is 18.2 Å². The standard InChI is InChI=1S/C13H17NO4S/c1-17-9-3-4-11(18-2)10(7-9)13-14(5-6-15)12(16)8-19-13/h3-4,7,13,15H,5-6,8H2,1-2H3/t13-/m1/s1. The van der Waals surface area contributed by atoms with Crippen LogP contribution in [0.4, 0.5) is 0 Å². The number of benzene rings is 1. The van der Waals surface area contributed by atoms with Crippen molar-refractivity contribution in [3.05, 3.63) is 23.8 Å². The van der Waals surface area contributed by atoms with Crippen molar-refractivity contribution >= 4 is 17.7 Å². The van der Waals surface area contributed by atoms with Gasteiger partial charge in [-0.3, -0.25) is 4.79 Å². The van der Waals surface area contributed by atoms with Crippen LogP contribution in [-0.2, 0) is 4.79 Å². The average molecular weight is 283 g/mol. The van der Waals surface area contributed by atoms with E-state index in [4.69, 9.17) is 14.6 Å². The fourth-order valence-corrected chi connectivity index (χ4v) is 3.33. The van der Waals surface area contributed by atoms with E-state index in [1.54, 1.807) is 19.1 Å². The summed E-state index contributed by atoms with van der Waals surface area (Å²) in [5.74, 6) is 1.90. The highest BCUT2D eigenvalue weighted by Gasteiger charge is 2.34. The smallest absolute Gasteiger partial charge is 0.233 e. The van der Waals surface area contributed by atoms with Crippen molar-refractivity contribution in [2.75, 3.05) is 33.1 Å². The molecule has 1 aromatic carbocycles. The number of thioether (sulfide) groups is 1. The molecule has 2 rings (SSSR count). The van der Waals surface area contributed by atoms with Crippen LogP contribution in [0.15, 0.2) is 18.2 Å². The third-order valence-electron chi connectivity index (χ3n) is 3.01. The third kappa shape index (κ3) is 2.79. The maximum Gasteiger partial charge on any atom is 0.233 e. The van der Waals surface area contributed by atoms with Crippen molar-refractivity contribution in [1.29, 1.82) is 0 Å². The highest BCUT2D eigenvalue weighted by Crippen LogP contribution is 2.43. The first-order chi connectivity index (χ1) is 9.21. The fourth-order valence-electron chi connectivity index (χ4n) is 2.09. The molecule has 1 heterocycles. The number of aliphatic hydroxyl groups is 1. The molecule has 5 nitrogen and oxygen atoms in total. The highest BCUT2D eigenvalue weighted by atomic mass is 32.2. The first-order valence-electron chi connectivity index (χ1n) is 5.95. The molecule has 0 bridgehead atoms. The Labute approximate surface area is 116 Å². The van der Waals surface area contributed by atoms with Crippen molar-refractivity contribution in [3.63, 3.8) is 0 Å². The van der Waals surface area contributed by atoms with E-state index in [-0.39, 0.29) is 17.9 Å². The van der Waals surface area contributed by atoms with E-state index in [2.05, 4.69) is 0 Å². The largest absolute Gasteiger partial charge is 0.497 e. The molecule has 0 aliphatic carbocycles. The Morgan fingerprint density at radius 2 is 2.21 bits per heavy atom. The van der Waals surface area contributed by atoms with E-state index >= 15 is 0 Å². The lowest BCUT2D eigenvalue weighted by Crippen LogP contribution is -2.31. The van der Waals surface area contributed by atoms with Crippen LogP contribution in [0, 0.1) is 0 Å². The summed E-state index contributed by atoms with van der Waals surface area (Å²) in [7, 11) is 3.20. The zero-order chi connectivity index (χ0) is 13.8. The summed E-state index contributed by atoms with van der Waals surface area (Å²) >= 11 is 1.53. The number of amides is 1. The molecule has 0 radical (unpaired) electrons. The SMILES string of the molecule is COc1ccc(OC)c([C@H]2SCC(=O)N2CCO)c1. The number of β-amino-alcohol motifs (C(OH)–C–C–N with tert-alkyl or cyclic N) is 1. The summed E-state index contributed by atoms with van der Waals surface area (Å²) < 4.78 is 10.6. The summed E-state index contributed by atoms with van der Waals surface area (Å²) in [6.07, 6.45) is 0. The summed E-state index contributed by atoms with van der Waals surface area (Å²) in [6.45, 7) is 0.284. The third-order valence-corrected chi connectivity index (χ3v) is 4.25. The molecular weight excluding hydrogens is 266 g/mol. The van der Waals surface area contributed by atoms with Crippen LogP contribution in [0.3, 0.4) is 0 Å². The second-order valence-corrected chi connectivity index (χ2v) is 5.15. The number of rotatable bonds is 5. The van der Waals surface area contributed by atoms with Crippen molar-refractivity contribution in [3.8, 4) is 11.5 Å². The summed E-state index contributed by atoms with van der Waals surface area (Å²) in [5.41, 5.74) is 0.895. The predicted molar refractivity (Wildman–Crippen MR) is 73.5 cm³/mol. The molecule has 1 amide bonds. The van der Waals surface area contributed by atoms with Crippen LogP contribution in [0.2, 0.25) is 0 Å². The van der Waals surface area contributed by atoms with Crippen LogP contribution < -0.4 is 9.47 Å².